The number of halogens is 1. The van der Waals surface area contributed by atoms with Gasteiger partial charge >= 0.3 is 0 Å². The molecule has 15 heavy (non-hydrogen) atoms. The molecule has 0 aliphatic heterocycles. The Kier molecular flexibility index (Phi) is 2.74. The summed E-state index contributed by atoms with van der Waals surface area (Å²) in [4.78, 5) is 8.17. The second-order valence-corrected chi connectivity index (χ2v) is 3.75. The Hall–Kier alpha value is -1.74. The first-order valence-corrected chi connectivity index (χ1v) is 4.98. The van der Waals surface area contributed by atoms with Crippen LogP contribution in [0.3, 0.4) is 0 Å². The maximum absolute atomic E-state index is 8.49. The van der Waals surface area contributed by atoms with Crippen LogP contribution in [0.2, 0.25) is 0 Å². The van der Waals surface area contributed by atoms with Crippen molar-refractivity contribution >= 4 is 15.9 Å². The number of nitriles is 1. The minimum atomic E-state index is 0.231. The molecular weight excluding hydrogens is 258 g/mol. The first-order chi connectivity index (χ1) is 7.29. The normalized spacial score (nSPS) is 9.87. The predicted octanol–water partition coefficient (Wildman–Crippen LogP) is 1.70. The van der Waals surface area contributed by atoms with Gasteiger partial charge in [-0.3, -0.25) is 10.1 Å². The topological polar surface area (TPSA) is 78.2 Å². The standard InChI is InChI=1S/C9H6BrN5/c10-7-3-6(4-12-5-7)9-13-8(1-2-11)14-15-9/h3-5H,1H2,(H,13,14,15). The molecule has 2 rings (SSSR count). The lowest BCUT2D eigenvalue weighted by Crippen LogP contribution is -1.84. The highest BCUT2D eigenvalue weighted by Gasteiger charge is 2.05. The molecule has 0 amide bonds. The maximum atomic E-state index is 8.49. The van der Waals surface area contributed by atoms with Crippen molar-refractivity contribution < 1.29 is 0 Å². The van der Waals surface area contributed by atoms with Crippen molar-refractivity contribution in [3.05, 3.63) is 28.8 Å². The second kappa shape index (κ2) is 4.19. The van der Waals surface area contributed by atoms with Crippen molar-refractivity contribution in [2.45, 2.75) is 6.42 Å². The fourth-order valence-electron chi connectivity index (χ4n) is 1.11. The summed E-state index contributed by atoms with van der Waals surface area (Å²) in [6.45, 7) is 0. The summed E-state index contributed by atoms with van der Waals surface area (Å²) >= 11 is 3.32. The fourth-order valence-corrected chi connectivity index (χ4v) is 1.48. The highest BCUT2D eigenvalue weighted by molar-refractivity contribution is 9.10. The lowest BCUT2D eigenvalue weighted by molar-refractivity contribution is 0.996. The molecule has 0 spiro atoms. The van der Waals surface area contributed by atoms with Crippen molar-refractivity contribution in [1.29, 1.82) is 5.26 Å². The molecule has 1 N–H and O–H groups in total. The monoisotopic (exact) mass is 263 g/mol. The van der Waals surface area contributed by atoms with Crippen LogP contribution in [0.5, 0.6) is 0 Å². The van der Waals surface area contributed by atoms with E-state index in [1.54, 1.807) is 12.4 Å². The van der Waals surface area contributed by atoms with Crippen molar-refractivity contribution in [2.75, 3.05) is 0 Å². The Morgan fingerprint density at radius 2 is 2.33 bits per heavy atom. The van der Waals surface area contributed by atoms with Gasteiger partial charge in [-0.15, -0.1) is 0 Å². The van der Waals surface area contributed by atoms with Gasteiger partial charge in [0.2, 0.25) is 0 Å². The summed E-state index contributed by atoms with van der Waals surface area (Å²) in [5.74, 6) is 1.11. The largest absolute Gasteiger partial charge is 0.263 e. The number of nitrogens with zero attached hydrogens (tertiary/aromatic N) is 4. The van der Waals surface area contributed by atoms with Gasteiger partial charge < -0.3 is 0 Å². The van der Waals surface area contributed by atoms with Crippen LogP contribution in [0.1, 0.15) is 5.82 Å². The Morgan fingerprint density at radius 1 is 1.47 bits per heavy atom. The van der Waals surface area contributed by atoms with Gasteiger partial charge in [0, 0.05) is 22.4 Å². The number of H-pyrrole nitrogens is 1. The van der Waals surface area contributed by atoms with Crippen LogP contribution in [0, 0.1) is 11.3 Å². The van der Waals surface area contributed by atoms with E-state index in [1.165, 1.54) is 0 Å². The van der Waals surface area contributed by atoms with E-state index in [4.69, 9.17) is 5.26 Å². The number of nitrogens with one attached hydrogen (secondary N) is 1. The Labute approximate surface area is 94.3 Å². The summed E-state index contributed by atoms with van der Waals surface area (Å²) in [5, 5.41) is 15.2. The van der Waals surface area contributed by atoms with E-state index in [2.05, 4.69) is 36.1 Å². The first kappa shape index (κ1) is 9.80. The average molecular weight is 264 g/mol. The van der Waals surface area contributed by atoms with E-state index in [0.29, 0.717) is 11.6 Å². The SMILES string of the molecule is N#CCc1nc(-c2cncc(Br)c2)n[nH]1. The molecule has 0 fully saturated rings. The molecule has 6 heteroatoms. The Morgan fingerprint density at radius 3 is 3.07 bits per heavy atom. The average Bonchev–Trinajstić information content (AvgIpc) is 2.67. The van der Waals surface area contributed by atoms with Gasteiger partial charge in [-0.2, -0.15) is 10.4 Å². The van der Waals surface area contributed by atoms with Crippen LogP contribution in [-0.2, 0) is 6.42 Å². The summed E-state index contributed by atoms with van der Waals surface area (Å²) in [6.07, 6.45) is 3.59. The van der Waals surface area contributed by atoms with E-state index in [0.717, 1.165) is 10.0 Å². The van der Waals surface area contributed by atoms with Gasteiger partial charge in [-0.25, -0.2) is 4.98 Å². The lowest BCUT2D eigenvalue weighted by Gasteiger charge is -1.93. The first-order valence-electron chi connectivity index (χ1n) is 4.19. The highest BCUT2D eigenvalue weighted by Crippen LogP contribution is 2.17. The van der Waals surface area contributed by atoms with Gasteiger partial charge in [-0.1, -0.05) is 0 Å². The molecule has 74 valence electrons. The molecule has 0 atom stereocenters. The molecule has 5 nitrogen and oxygen atoms in total. The minimum absolute atomic E-state index is 0.231. The number of aromatic nitrogens is 4. The van der Waals surface area contributed by atoms with Gasteiger partial charge in [0.15, 0.2) is 5.82 Å². The van der Waals surface area contributed by atoms with Crippen molar-refractivity contribution in [3.63, 3.8) is 0 Å². The molecule has 0 unspecified atom stereocenters. The molecule has 0 saturated carbocycles. The molecule has 2 aromatic rings. The zero-order valence-corrected chi connectivity index (χ0v) is 9.19. The van der Waals surface area contributed by atoms with E-state index in [9.17, 15) is 0 Å². The second-order valence-electron chi connectivity index (χ2n) is 2.83. The zero-order valence-electron chi connectivity index (χ0n) is 7.61. The van der Waals surface area contributed by atoms with Crippen molar-refractivity contribution in [3.8, 4) is 17.5 Å². The summed E-state index contributed by atoms with van der Waals surface area (Å²) in [5.41, 5.74) is 0.810. The quantitative estimate of drug-likeness (QED) is 0.895. The van der Waals surface area contributed by atoms with Crippen molar-refractivity contribution in [2.24, 2.45) is 0 Å². The van der Waals surface area contributed by atoms with E-state index in [-0.39, 0.29) is 6.42 Å². The predicted molar refractivity (Wildman–Crippen MR) is 56.6 cm³/mol. The van der Waals surface area contributed by atoms with Gasteiger partial charge in [0.1, 0.15) is 5.82 Å². The Bertz CT molecular complexity index is 513. The zero-order chi connectivity index (χ0) is 10.7. The third-order valence-electron chi connectivity index (χ3n) is 1.74. The number of hydrogen-bond donors (Lipinski definition) is 1. The van der Waals surface area contributed by atoms with Gasteiger partial charge in [-0.05, 0) is 22.0 Å². The van der Waals surface area contributed by atoms with Crippen LogP contribution >= 0.6 is 15.9 Å². The summed E-state index contributed by atoms with van der Waals surface area (Å²) in [7, 11) is 0. The fraction of sp³-hybridized carbons (Fsp3) is 0.111. The summed E-state index contributed by atoms with van der Waals surface area (Å²) < 4.78 is 0.867. The third kappa shape index (κ3) is 2.19. The smallest absolute Gasteiger partial charge is 0.182 e. The molecule has 0 radical (unpaired) electrons. The van der Waals surface area contributed by atoms with Crippen LogP contribution in [-0.4, -0.2) is 20.2 Å². The highest BCUT2D eigenvalue weighted by atomic mass is 79.9. The lowest BCUT2D eigenvalue weighted by atomic mass is 10.3. The molecular formula is C9H6BrN5. The number of aromatic amines is 1. The van der Waals surface area contributed by atoms with Crippen LogP contribution in [0.4, 0.5) is 0 Å². The molecule has 0 aliphatic rings. The Balaban J connectivity index is 2.34. The number of pyridine rings is 1. The van der Waals surface area contributed by atoms with E-state index >= 15 is 0 Å². The third-order valence-corrected chi connectivity index (χ3v) is 2.17. The van der Waals surface area contributed by atoms with Gasteiger partial charge in [0.25, 0.3) is 0 Å². The van der Waals surface area contributed by atoms with E-state index < -0.39 is 0 Å². The number of hydrogen-bond acceptors (Lipinski definition) is 4. The minimum Gasteiger partial charge on any atom is -0.263 e. The molecule has 2 heterocycles. The summed E-state index contributed by atoms with van der Waals surface area (Å²) in [6, 6.07) is 3.87. The van der Waals surface area contributed by atoms with Crippen molar-refractivity contribution in [1.82, 2.24) is 20.2 Å². The van der Waals surface area contributed by atoms with Crippen LogP contribution in [0.15, 0.2) is 22.9 Å². The molecule has 0 aliphatic carbocycles. The number of rotatable bonds is 2. The molecule has 2 aromatic heterocycles. The molecule has 0 aromatic carbocycles. The maximum Gasteiger partial charge on any atom is 0.182 e. The van der Waals surface area contributed by atoms with E-state index in [1.807, 2.05) is 12.1 Å². The molecule has 0 saturated heterocycles. The van der Waals surface area contributed by atoms with Gasteiger partial charge in [0.05, 0.1) is 12.5 Å². The van der Waals surface area contributed by atoms with Crippen LogP contribution in [0.25, 0.3) is 11.4 Å². The van der Waals surface area contributed by atoms with Crippen LogP contribution < -0.4 is 0 Å². The molecule has 0 bridgehead atoms.